The summed E-state index contributed by atoms with van der Waals surface area (Å²) in [6.07, 6.45) is 5.93. The molecule has 0 aliphatic rings. The van der Waals surface area contributed by atoms with E-state index in [1.807, 2.05) is 45.9 Å². The predicted octanol–water partition coefficient (Wildman–Crippen LogP) is 10.8. The molecule has 0 spiro atoms. The van der Waals surface area contributed by atoms with Crippen molar-refractivity contribution < 1.29 is 357 Å². The third-order valence-electron chi connectivity index (χ3n) is 8.83. The summed E-state index contributed by atoms with van der Waals surface area (Å²) in [7, 11) is 0. The molecule has 0 saturated heterocycles. The van der Waals surface area contributed by atoms with Crippen molar-refractivity contribution >= 4 is 52.4 Å². The number of hydrogen-bond acceptors (Lipinski definition) is 1. The van der Waals surface area contributed by atoms with E-state index in [-0.39, 0.29) is 318 Å². The van der Waals surface area contributed by atoms with Crippen molar-refractivity contribution in [3.05, 3.63) is 126 Å². The number of aromatic amines is 1. The Morgan fingerprint density at radius 2 is 0.969 bits per heavy atom. The summed E-state index contributed by atoms with van der Waals surface area (Å²) in [5, 5.41) is 4.77. The van der Waals surface area contributed by atoms with Crippen LogP contribution >= 0.6 is 0 Å². The molecular formula is C45H44N4W14Y2-4. The van der Waals surface area contributed by atoms with Gasteiger partial charge in [-0.15, -0.1) is 0 Å². The average molecular weight is 3390 g/mol. The Morgan fingerprint density at radius 3 is 1.40 bits per heavy atom. The Labute approximate surface area is 632 Å². The van der Waals surface area contributed by atoms with Crippen molar-refractivity contribution in [1.29, 1.82) is 0 Å². The van der Waals surface area contributed by atoms with E-state index in [9.17, 15) is 0 Å². The molecule has 4 aromatic heterocycles. The molecule has 0 aliphatic heterocycles. The molecule has 4 nitrogen and oxygen atoms in total. The maximum absolute atomic E-state index is 4.29. The summed E-state index contributed by atoms with van der Waals surface area (Å²) in [5.41, 5.74) is 14.6. The van der Waals surface area contributed by atoms with Crippen LogP contribution in [0.5, 0.6) is 0 Å². The molecule has 20 heteroatoms. The van der Waals surface area contributed by atoms with Crippen LogP contribution in [0.2, 0.25) is 0 Å². The minimum Gasteiger partial charge on any atom is 0 e. The molecule has 4 aromatic carbocycles. The molecule has 0 unspecified atom stereocenters. The largest absolute Gasteiger partial charge is 0 e. The second-order valence-corrected chi connectivity index (χ2v) is 14.3. The fraction of sp³-hybridized carbons (Fsp3) is 0.222. The number of H-pyrrole nitrogens is 1. The molecule has 0 fully saturated rings. The van der Waals surface area contributed by atoms with Gasteiger partial charge >= 0.3 is 299 Å². The van der Waals surface area contributed by atoms with E-state index in [4.69, 9.17) is 0 Å². The Bertz CT molecular complexity index is 2510. The molecule has 1 N–H and O–H groups in total. The molecule has 338 valence electrons. The monoisotopic (exact) mass is 3390 g/mol. The van der Waals surface area contributed by atoms with Gasteiger partial charge in [-0.25, -0.2) is 0 Å². The molecule has 2 radical (unpaired) electrons. The quantitative estimate of drug-likeness (QED) is 0.166. The van der Waals surface area contributed by atoms with E-state index in [0.29, 0.717) is 0 Å². The molecule has 0 atom stereocenters. The summed E-state index contributed by atoms with van der Waals surface area (Å²) in [6, 6.07) is 34.8. The van der Waals surface area contributed by atoms with Crippen molar-refractivity contribution in [2.24, 2.45) is 0 Å². The van der Waals surface area contributed by atoms with Gasteiger partial charge in [0.25, 0.3) is 0 Å². The van der Waals surface area contributed by atoms with Crippen LogP contribution < -0.4 is 0 Å². The van der Waals surface area contributed by atoms with Gasteiger partial charge in [0, 0.05) is 318 Å². The van der Waals surface area contributed by atoms with Crippen LogP contribution in [0.1, 0.15) is 49.9 Å². The van der Waals surface area contributed by atoms with Crippen molar-refractivity contribution in [2.75, 3.05) is 0 Å². The van der Waals surface area contributed by atoms with Gasteiger partial charge in [-0.05, 0) is 0 Å². The van der Waals surface area contributed by atoms with Crippen LogP contribution in [0.15, 0.2) is 78.9 Å². The summed E-state index contributed by atoms with van der Waals surface area (Å²) in [6.45, 7) is 18.6. The second-order valence-electron chi connectivity index (χ2n) is 11.9. The first-order valence-corrected chi connectivity index (χ1v) is 20.9. The van der Waals surface area contributed by atoms with E-state index in [1.54, 1.807) is 0 Å². The zero-order valence-corrected chi connectivity index (χ0v) is 83.5. The van der Waals surface area contributed by atoms with E-state index in [0.717, 1.165) is 46.0 Å². The molecule has 0 amide bonds. The van der Waals surface area contributed by atoms with Crippen LogP contribution in [0.3, 0.4) is 0 Å². The average Bonchev–Trinajstić information content (AvgIpc) is 3.82. The maximum Gasteiger partial charge on any atom is 0 e. The van der Waals surface area contributed by atoms with Gasteiger partial charge in [0.2, 0.25) is 0 Å². The minimum atomic E-state index is 0. The fourth-order valence-electron chi connectivity index (χ4n) is 6.64. The number of rotatable bonds is 6. The van der Waals surface area contributed by atoms with Gasteiger partial charge in [-0.1, -0.05) is 27.7 Å². The molecule has 8 rings (SSSR count). The fourth-order valence-corrected chi connectivity index (χ4v) is 7.71. The summed E-state index contributed by atoms with van der Waals surface area (Å²) in [5.74, 6) is 0. The van der Waals surface area contributed by atoms with E-state index >= 15 is 0 Å². The van der Waals surface area contributed by atoms with Gasteiger partial charge in [0.1, 0.15) is 0 Å². The zero-order chi connectivity index (χ0) is 36.7. The standard InChI is InChI=1S/C21H16N2.C20H16N2.2C2H6.14W.2Y/c1-4-23-20-12-14(2)7-9-18(20)15(3)21(23)17-8-10-19-16(13-17)6-5-11-22-19;1-4-22-19-11-13(2)5-7-17(19)14(3)20(22)16-6-8-18-15(12-16)9-10-21-18;2*1-2;;;;;;;;;;;;;;;;/h1,5-10,12H,4H2,2-3H3;1,5-9,11,21H,4H2,2-3H3;2*1-2H3;;;;;;;;;;;;;;;;/q2*-2;;;;;;;;;;;;;;;;;;. The molecule has 0 aliphatic carbocycles. The number of aryl methyl sites for hydroxylation is 4. The molecular weight excluding hydrogens is 3350 g/mol. The van der Waals surface area contributed by atoms with Gasteiger partial charge in [0.05, 0.1) is 0 Å². The smallest absolute Gasteiger partial charge is 0 e. The number of pyridine rings is 1. The first-order valence-electron chi connectivity index (χ1n) is 17.5. The van der Waals surface area contributed by atoms with Gasteiger partial charge in [-0.2, -0.15) is 0 Å². The normalized spacial score (nSPS) is 8.37. The van der Waals surface area contributed by atoms with E-state index < -0.39 is 0 Å². The first kappa shape index (κ1) is 94.0. The number of nitrogens with one attached hydrogen (secondary N) is 1. The number of benzene rings is 4. The Kier molecular flexibility index (Phi) is 70.6. The van der Waals surface area contributed by atoms with Crippen molar-refractivity contribution in [2.45, 2.75) is 68.5 Å². The third kappa shape index (κ3) is 24.0. The van der Waals surface area contributed by atoms with Gasteiger partial charge < -0.3 is 0 Å². The van der Waals surface area contributed by atoms with Crippen molar-refractivity contribution in [3.8, 4) is 22.5 Å². The zero-order valence-electron chi connectivity index (χ0n) is 36.8. The van der Waals surface area contributed by atoms with E-state index in [2.05, 4.69) is 141 Å². The van der Waals surface area contributed by atoms with Crippen molar-refractivity contribution in [3.63, 3.8) is 0 Å². The molecule has 0 saturated carbocycles. The van der Waals surface area contributed by atoms with Crippen LogP contribution in [0, 0.1) is 52.2 Å². The Balaban J connectivity index is -0.0000000900. The maximum atomic E-state index is 4.29. The van der Waals surface area contributed by atoms with Crippen LogP contribution in [0.25, 0.3) is 66.1 Å². The van der Waals surface area contributed by atoms with E-state index in [1.165, 1.54) is 94.2 Å². The molecule has 0 bridgehead atoms. The predicted molar refractivity (Wildman–Crippen MR) is 211 cm³/mol. The number of fused-ring (bicyclic) bond motifs is 4. The van der Waals surface area contributed by atoms with Gasteiger partial charge in [-0.3, -0.25) is 0 Å². The molecule has 4 heterocycles. The van der Waals surface area contributed by atoms with Crippen LogP contribution in [0.4, 0.5) is 0 Å². The summed E-state index contributed by atoms with van der Waals surface area (Å²) < 4.78 is 9.39. The number of aromatic nitrogens is 4. The first-order chi connectivity index (χ1) is 24.9. The Hall–Kier alpha value is 6.49. The number of nitrogens with zero attached hydrogens (tertiary/aromatic N) is 3. The third-order valence-corrected chi connectivity index (χ3v) is 9.90. The SMILES string of the molecule is CC.CC.Cc1ccc2c(C)c(-c3[c-]c4c[c-][nH]c4cc3)n(C[CH]=[W])c2c1.Cc1ccc2c(C)c(-c3[c-]c4cc[c-]nc4cc3)n(C[CH]=[W])c2c1.[W].[W].[W].[W].[W].[W].[W].[W].[W].[W].[W].[W].[Y].[Y]. The summed E-state index contributed by atoms with van der Waals surface area (Å²) in [4.78, 5) is 7.41. The topological polar surface area (TPSA) is 38.5 Å². The number of hydrogen-bond donors (Lipinski definition) is 1. The molecule has 65 heavy (non-hydrogen) atoms. The molecule has 8 aromatic rings. The summed E-state index contributed by atoms with van der Waals surface area (Å²) >= 11 is 2.99. The van der Waals surface area contributed by atoms with Gasteiger partial charge in [0.15, 0.2) is 0 Å². The van der Waals surface area contributed by atoms with Crippen LogP contribution in [-0.4, -0.2) is 27.9 Å². The second kappa shape index (κ2) is 48.8. The minimum absolute atomic E-state index is 0. The van der Waals surface area contributed by atoms with Crippen molar-refractivity contribution in [1.82, 2.24) is 19.1 Å². The van der Waals surface area contributed by atoms with Crippen LogP contribution in [-0.2, 0) is 370 Å². The Morgan fingerprint density at radius 1 is 0.554 bits per heavy atom.